The molecule has 8 heteroatoms. The number of anilines is 1. The van der Waals surface area contributed by atoms with E-state index in [0.29, 0.717) is 22.1 Å². The lowest BCUT2D eigenvalue weighted by Crippen LogP contribution is -2.20. The summed E-state index contributed by atoms with van der Waals surface area (Å²) in [6.45, 7) is -0.156. The third-order valence-corrected chi connectivity index (χ3v) is 5.19. The van der Waals surface area contributed by atoms with E-state index in [4.69, 9.17) is 4.74 Å². The Morgan fingerprint density at radius 2 is 1.68 bits per heavy atom. The first-order valence-corrected chi connectivity index (χ1v) is 10.2. The molecule has 1 heterocycles. The molecule has 0 spiro atoms. The SMILES string of the molecule is O=C(COc1ccc(-c2ccccc2)cc1)Nc1nc(-c2cccc([N+](=O)[O-])c2)cs1. The number of hydrogen-bond donors (Lipinski definition) is 1. The number of aromatic nitrogens is 1. The van der Waals surface area contributed by atoms with Crippen molar-refractivity contribution in [3.05, 3.63) is 94.4 Å². The summed E-state index contributed by atoms with van der Waals surface area (Å²) in [5.41, 5.74) is 3.33. The molecular weight excluding hydrogens is 414 g/mol. The number of thiazole rings is 1. The van der Waals surface area contributed by atoms with Crippen LogP contribution in [0.3, 0.4) is 0 Å². The zero-order valence-corrected chi connectivity index (χ0v) is 17.0. The lowest BCUT2D eigenvalue weighted by molar-refractivity contribution is -0.384. The number of ether oxygens (including phenoxy) is 1. The molecule has 0 unspecified atom stereocenters. The first kappa shape index (κ1) is 20.2. The van der Waals surface area contributed by atoms with Crippen LogP contribution < -0.4 is 10.1 Å². The average molecular weight is 431 g/mol. The van der Waals surface area contributed by atoms with Crippen molar-refractivity contribution in [2.75, 3.05) is 11.9 Å². The van der Waals surface area contributed by atoms with Gasteiger partial charge < -0.3 is 4.74 Å². The highest BCUT2D eigenvalue weighted by atomic mass is 32.1. The van der Waals surface area contributed by atoms with Crippen LogP contribution >= 0.6 is 11.3 Å². The molecule has 0 aliphatic rings. The summed E-state index contributed by atoms with van der Waals surface area (Å²) >= 11 is 1.24. The highest BCUT2D eigenvalue weighted by molar-refractivity contribution is 7.14. The Morgan fingerprint density at radius 3 is 2.42 bits per heavy atom. The molecule has 0 radical (unpaired) electrons. The highest BCUT2D eigenvalue weighted by Crippen LogP contribution is 2.27. The molecule has 1 N–H and O–H groups in total. The number of nitro groups is 1. The molecule has 0 saturated heterocycles. The summed E-state index contributed by atoms with van der Waals surface area (Å²) in [5, 5.41) is 15.7. The van der Waals surface area contributed by atoms with E-state index < -0.39 is 4.92 Å². The Bertz CT molecular complexity index is 1210. The third-order valence-electron chi connectivity index (χ3n) is 4.43. The topological polar surface area (TPSA) is 94.4 Å². The van der Waals surface area contributed by atoms with E-state index in [0.717, 1.165) is 11.1 Å². The number of amides is 1. The molecule has 0 bridgehead atoms. The van der Waals surface area contributed by atoms with E-state index in [1.54, 1.807) is 17.5 Å². The van der Waals surface area contributed by atoms with Crippen molar-refractivity contribution in [2.45, 2.75) is 0 Å². The smallest absolute Gasteiger partial charge is 0.270 e. The van der Waals surface area contributed by atoms with Gasteiger partial charge in [0.1, 0.15) is 5.75 Å². The quantitative estimate of drug-likeness (QED) is 0.312. The maximum atomic E-state index is 12.2. The van der Waals surface area contributed by atoms with Crippen molar-refractivity contribution < 1.29 is 14.5 Å². The fourth-order valence-electron chi connectivity index (χ4n) is 2.92. The summed E-state index contributed by atoms with van der Waals surface area (Å²) < 4.78 is 5.55. The van der Waals surface area contributed by atoms with Crippen molar-refractivity contribution in [3.63, 3.8) is 0 Å². The molecule has 4 rings (SSSR count). The molecule has 0 aliphatic carbocycles. The maximum Gasteiger partial charge on any atom is 0.270 e. The minimum atomic E-state index is -0.456. The lowest BCUT2D eigenvalue weighted by Gasteiger charge is -2.07. The van der Waals surface area contributed by atoms with Crippen LogP contribution in [0, 0.1) is 10.1 Å². The monoisotopic (exact) mass is 431 g/mol. The molecule has 0 saturated carbocycles. The Kier molecular flexibility index (Phi) is 6.00. The van der Waals surface area contributed by atoms with Gasteiger partial charge >= 0.3 is 0 Å². The Labute approximate surface area is 182 Å². The van der Waals surface area contributed by atoms with Crippen LogP contribution in [0.1, 0.15) is 0 Å². The number of nitro benzene ring substituents is 1. The van der Waals surface area contributed by atoms with Crippen molar-refractivity contribution in [1.82, 2.24) is 4.98 Å². The second-order valence-corrected chi connectivity index (χ2v) is 7.43. The highest BCUT2D eigenvalue weighted by Gasteiger charge is 2.12. The molecular formula is C23H17N3O4S. The summed E-state index contributed by atoms with van der Waals surface area (Å²) in [7, 11) is 0. The number of benzene rings is 3. The van der Waals surface area contributed by atoms with Gasteiger partial charge in [-0.05, 0) is 23.3 Å². The molecule has 154 valence electrons. The molecule has 31 heavy (non-hydrogen) atoms. The van der Waals surface area contributed by atoms with Gasteiger partial charge in [-0.25, -0.2) is 4.98 Å². The van der Waals surface area contributed by atoms with Crippen LogP contribution in [0.25, 0.3) is 22.4 Å². The third kappa shape index (κ3) is 5.12. The van der Waals surface area contributed by atoms with Crippen LogP contribution in [0.5, 0.6) is 5.75 Å². The molecule has 1 aromatic heterocycles. The van der Waals surface area contributed by atoms with Gasteiger partial charge in [0, 0.05) is 23.1 Å². The second-order valence-electron chi connectivity index (χ2n) is 6.57. The minimum absolute atomic E-state index is 0.0113. The van der Waals surface area contributed by atoms with Gasteiger partial charge in [0.2, 0.25) is 0 Å². The van der Waals surface area contributed by atoms with Gasteiger partial charge in [0.05, 0.1) is 10.6 Å². The predicted molar refractivity (Wildman–Crippen MR) is 120 cm³/mol. The zero-order valence-electron chi connectivity index (χ0n) is 16.2. The largest absolute Gasteiger partial charge is 0.484 e. The molecule has 0 atom stereocenters. The normalized spacial score (nSPS) is 10.5. The van der Waals surface area contributed by atoms with Gasteiger partial charge in [0.15, 0.2) is 11.7 Å². The number of rotatable bonds is 7. The van der Waals surface area contributed by atoms with Gasteiger partial charge in [-0.1, -0.05) is 54.6 Å². The van der Waals surface area contributed by atoms with Crippen molar-refractivity contribution in [2.24, 2.45) is 0 Å². The number of nitrogens with zero attached hydrogens (tertiary/aromatic N) is 2. The summed E-state index contributed by atoms with van der Waals surface area (Å²) in [5.74, 6) is 0.248. The Morgan fingerprint density at radius 1 is 0.968 bits per heavy atom. The van der Waals surface area contributed by atoms with E-state index in [1.807, 2.05) is 54.6 Å². The zero-order chi connectivity index (χ0) is 21.6. The van der Waals surface area contributed by atoms with Gasteiger partial charge in [-0.2, -0.15) is 0 Å². The van der Waals surface area contributed by atoms with Gasteiger partial charge in [-0.15, -0.1) is 11.3 Å². The average Bonchev–Trinajstić information content (AvgIpc) is 3.27. The summed E-state index contributed by atoms with van der Waals surface area (Å²) in [4.78, 5) is 27.0. The van der Waals surface area contributed by atoms with Gasteiger partial charge in [0.25, 0.3) is 11.6 Å². The van der Waals surface area contributed by atoms with E-state index in [1.165, 1.54) is 23.5 Å². The fourth-order valence-corrected chi connectivity index (χ4v) is 3.66. The van der Waals surface area contributed by atoms with Gasteiger partial charge in [-0.3, -0.25) is 20.2 Å². The first-order chi connectivity index (χ1) is 15.1. The van der Waals surface area contributed by atoms with Crippen LogP contribution in [-0.4, -0.2) is 22.4 Å². The molecule has 1 amide bonds. The number of non-ortho nitro benzene ring substituents is 1. The molecule has 7 nitrogen and oxygen atoms in total. The maximum absolute atomic E-state index is 12.2. The fraction of sp³-hybridized carbons (Fsp3) is 0.0435. The van der Waals surface area contributed by atoms with Crippen LogP contribution in [0.4, 0.5) is 10.8 Å². The van der Waals surface area contributed by atoms with E-state index in [2.05, 4.69) is 10.3 Å². The number of carbonyl (C=O) groups is 1. The van der Waals surface area contributed by atoms with Crippen LogP contribution in [0.2, 0.25) is 0 Å². The van der Waals surface area contributed by atoms with Crippen molar-refractivity contribution in [3.8, 4) is 28.1 Å². The second kappa shape index (κ2) is 9.19. The molecule has 0 fully saturated rings. The minimum Gasteiger partial charge on any atom is -0.484 e. The number of nitrogens with one attached hydrogen (secondary N) is 1. The summed E-state index contributed by atoms with van der Waals surface area (Å²) in [6.07, 6.45) is 0. The molecule has 0 aliphatic heterocycles. The molecule has 4 aromatic rings. The summed E-state index contributed by atoms with van der Waals surface area (Å²) in [6, 6.07) is 23.7. The number of hydrogen-bond acceptors (Lipinski definition) is 6. The van der Waals surface area contributed by atoms with E-state index in [9.17, 15) is 14.9 Å². The Hall–Kier alpha value is -4.04. The van der Waals surface area contributed by atoms with Crippen molar-refractivity contribution >= 4 is 28.1 Å². The first-order valence-electron chi connectivity index (χ1n) is 9.37. The lowest BCUT2D eigenvalue weighted by atomic mass is 10.1. The van der Waals surface area contributed by atoms with E-state index in [-0.39, 0.29) is 18.2 Å². The standard InChI is InChI=1S/C23H17N3O4S/c27-22(14-30-20-11-9-17(10-12-20)16-5-2-1-3-6-16)25-23-24-21(15-31-23)18-7-4-8-19(13-18)26(28)29/h1-13,15H,14H2,(H,24,25,27). The molecule has 3 aromatic carbocycles. The predicted octanol–water partition coefficient (Wildman–Crippen LogP) is 5.40. The van der Waals surface area contributed by atoms with E-state index >= 15 is 0 Å². The number of carbonyl (C=O) groups excluding carboxylic acids is 1. The van der Waals surface area contributed by atoms with Crippen molar-refractivity contribution in [1.29, 1.82) is 0 Å². The van der Waals surface area contributed by atoms with Crippen LogP contribution in [-0.2, 0) is 4.79 Å². The Balaban J connectivity index is 1.33. The van der Waals surface area contributed by atoms with Crippen LogP contribution in [0.15, 0.2) is 84.2 Å².